The van der Waals surface area contributed by atoms with Crippen LogP contribution in [0.3, 0.4) is 0 Å². The van der Waals surface area contributed by atoms with Crippen LogP contribution in [0.15, 0.2) is 29.8 Å². The van der Waals surface area contributed by atoms with Crippen LogP contribution in [-0.4, -0.2) is 13.2 Å². The molecule has 94 valence electrons. The lowest BCUT2D eigenvalue weighted by Gasteiger charge is -2.11. The second-order valence-electron chi connectivity index (χ2n) is 3.49. The van der Waals surface area contributed by atoms with Crippen LogP contribution >= 0.6 is 11.6 Å². The third-order valence-corrected chi connectivity index (χ3v) is 2.33. The largest absolute Gasteiger partial charge is 0.493 e. The number of hydrogen-bond donors (Lipinski definition) is 1. The molecule has 0 aromatic heterocycles. The zero-order valence-electron chi connectivity index (χ0n) is 9.99. The van der Waals surface area contributed by atoms with Gasteiger partial charge in [0.25, 0.3) is 0 Å². The Balaban J connectivity index is 2.74. The van der Waals surface area contributed by atoms with Gasteiger partial charge >= 0.3 is 0 Å². The van der Waals surface area contributed by atoms with Gasteiger partial charge < -0.3 is 15.2 Å². The summed E-state index contributed by atoms with van der Waals surface area (Å²) in [7, 11) is 0. The molecular formula is C13H18ClNO2. The van der Waals surface area contributed by atoms with E-state index in [2.05, 4.69) is 6.92 Å². The molecule has 1 aromatic rings. The number of rotatable bonds is 7. The standard InChI is InChI=1S/C13H18ClNO2/c1-2-7-16-12-5-4-11(10-15)13(9-12)17-8-3-6-14/h3-6,9H,2,7-8,10,15H2,1H3/b6-3+. The van der Waals surface area contributed by atoms with Crippen LogP contribution in [-0.2, 0) is 6.54 Å². The maximum absolute atomic E-state index is 5.64. The molecule has 3 nitrogen and oxygen atoms in total. The summed E-state index contributed by atoms with van der Waals surface area (Å²) >= 11 is 5.43. The van der Waals surface area contributed by atoms with Crippen molar-refractivity contribution in [1.82, 2.24) is 0 Å². The van der Waals surface area contributed by atoms with E-state index in [1.807, 2.05) is 18.2 Å². The fraction of sp³-hybridized carbons (Fsp3) is 0.385. The van der Waals surface area contributed by atoms with Gasteiger partial charge in [0.05, 0.1) is 6.61 Å². The molecule has 0 aliphatic heterocycles. The van der Waals surface area contributed by atoms with Crippen LogP contribution in [0.2, 0.25) is 0 Å². The van der Waals surface area contributed by atoms with E-state index in [1.54, 1.807) is 6.08 Å². The molecule has 1 rings (SSSR count). The second kappa shape index (κ2) is 7.98. The maximum Gasteiger partial charge on any atom is 0.127 e. The minimum absolute atomic E-state index is 0.424. The van der Waals surface area contributed by atoms with E-state index in [4.69, 9.17) is 26.8 Å². The Morgan fingerprint density at radius 1 is 1.35 bits per heavy atom. The fourth-order valence-corrected chi connectivity index (χ4v) is 1.39. The Kier molecular flexibility index (Phi) is 6.51. The lowest BCUT2D eigenvalue weighted by molar-refractivity contribution is 0.311. The molecule has 2 N–H and O–H groups in total. The first kappa shape index (κ1) is 13.9. The number of hydrogen-bond acceptors (Lipinski definition) is 3. The molecule has 0 spiro atoms. The average Bonchev–Trinajstić information content (AvgIpc) is 2.37. The highest BCUT2D eigenvalue weighted by Gasteiger charge is 2.04. The maximum atomic E-state index is 5.64. The lowest BCUT2D eigenvalue weighted by atomic mass is 10.2. The van der Waals surface area contributed by atoms with Crippen LogP contribution < -0.4 is 15.2 Å². The predicted molar refractivity (Wildman–Crippen MR) is 70.6 cm³/mol. The minimum atomic E-state index is 0.424. The molecule has 0 unspecified atom stereocenters. The van der Waals surface area contributed by atoms with E-state index < -0.39 is 0 Å². The van der Waals surface area contributed by atoms with E-state index >= 15 is 0 Å². The van der Waals surface area contributed by atoms with Crippen molar-refractivity contribution in [3.8, 4) is 11.5 Å². The Hall–Kier alpha value is -1.19. The normalized spacial score (nSPS) is 10.8. The molecule has 0 fully saturated rings. The van der Waals surface area contributed by atoms with Gasteiger partial charge in [0.1, 0.15) is 18.1 Å². The van der Waals surface area contributed by atoms with Crippen molar-refractivity contribution in [3.05, 3.63) is 35.4 Å². The number of benzene rings is 1. The fourth-order valence-electron chi connectivity index (χ4n) is 1.32. The third-order valence-electron chi connectivity index (χ3n) is 2.16. The third kappa shape index (κ3) is 4.67. The van der Waals surface area contributed by atoms with Gasteiger partial charge in [-0.3, -0.25) is 0 Å². The molecule has 0 saturated carbocycles. The molecule has 0 amide bonds. The molecule has 0 aliphatic rings. The zero-order valence-corrected chi connectivity index (χ0v) is 10.7. The molecule has 0 heterocycles. The average molecular weight is 256 g/mol. The summed E-state index contributed by atoms with van der Waals surface area (Å²) in [5, 5.41) is 0. The van der Waals surface area contributed by atoms with Gasteiger partial charge in [-0.2, -0.15) is 0 Å². The summed E-state index contributed by atoms with van der Waals surface area (Å²) < 4.78 is 11.1. The summed E-state index contributed by atoms with van der Waals surface area (Å²) in [6.45, 7) is 3.63. The van der Waals surface area contributed by atoms with Crippen molar-refractivity contribution in [2.75, 3.05) is 13.2 Å². The molecule has 17 heavy (non-hydrogen) atoms. The summed E-state index contributed by atoms with van der Waals surface area (Å²) in [6.07, 6.45) is 2.70. The van der Waals surface area contributed by atoms with Crippen LogP contribution in [0.25, 0.3) is 0 Å². The van der Waals surface area contributed by atoms with E-state index in [9.17, 15) is 0 Å². The van der Waals surface area contributed by atoms with Crippen molar-refractivity contribution in [2.24, 2.45) is 5.73 Å². The Labute approximate surface area is 107 Å². The van der Waals surface area contributed by atoms with Gasteiger partial charge in [-0.15, -0.1) is 0 Å². The van der Waals surface area contributed by atoms with Gasteiger partial charge in [0, 0.05) is 23.7 Å². The molecule has 0 saturated heterocycles. The van der Waals surface area contributed by atoms with Crippen molar-refractivity contribution in [1.29, 1.82) is 0 Å². The molecule has 0 radical (unpaired) electrons. The monoisotopic (exact) mass is 255 g/mol. The first-order chi connectivity index (χ1) is 8.31. The summed E-state index contributed by atoms with van der Waals surface area (Å²) in [5.74, 6) is 1.55. The highest BCUT2D eigenvalue weighted by molar-refractivity contribution is 6.25. The van der Waals surface area contributed by atoms with Gasteiger partial charge in [-0.05, 0) is 18.6 Å². The quantitative estimate of drug-likeness (QED) is 0.814. The van der Waals surface area contributed by atoms with Gasteiger partial charge in [0.2, 0.25) is 0 Å². The first-order valence-electron chi connectivity index (χ1n) is 5.65. The molecular weight excluding hydrogens is 238 g/mol. The summed E-state index contributed by atoms with van der Waals surface area (Å²) in [6, 6.07) is 5.69. The van der Waals surface area contributed by atoms with Crippen molar-refractivity contribution in [2.45, 2.75) is 19.9 Å². The SMILES string of the molecule is CCCOc1ccc(CN)c(OC/C=C/Cl)c1. The highest BCUT2D eigenvalue weighted by atomic mass is 35.5. The van der Waals surface area contributed by atoms with Crippen molar-refractivity contribution < 1.29 is 9.47 Å². The van der Waals surface area contributed by atoms with E-state index in [0.717, 1.165) is 23.5 Å². The minimum Gasteiger partial charge on any atom is -0.493 e. The Bertz CT molecular complexity index is 366. The van der Waals surface area contributed by atoms with E-state index in [-0.39, 0.29) is 0 Å². The number of ether oxygens (including phenoxy) is 2. The molecule has 4 heteroatoms. The number of halogens is 1. The highest BCUT2D eigenvalue weighted by Crippen LogP contribution is 2.24. The van der Waals surface area contributed by atoms with Gasteiger partial charge in [-0.1, -0.05) is 24.6 Å². The first-order valence-corrected chi connectivity index (χ1v) is 6.09. The molecule has 1 aromatic carbocycles. The Morgan fingerprint density at radius 3 is 2.82 bits per heavy atom. The Morgan fingerprint density at radius 2 is 2.18 bits per heavy atom. The summed E-state index contributed by atoms with van der Waals surface area (Å²) in [5.41, 5.74) is 8.03. The number of nitrogens with two attached hydrogens (primary N) is 1. The summed E-state index contributed by atoms with van der Waals surface area (Å²) in [4.78, 5) is 0. The van der Waals surface area contributed by atoms with E-state index in [0.29, 0.717) is 19.8 Å². The van der Waals surface area contributed by atoms with Crippen LogP contribution in [0.1, 0.15) is 18.9 Å². The van der Waals surface area contributed by atoms with Gasteiger partial charge in [0.15, 0.2) is 0 Å². The second-order valence-corrected chi connectivity index (χ2v) is 3.75. The van der Waals surface area contributed by atoms with E-state index in [1.165, 1.54) is 5.54 Å². The van der Waals surface area contributed by atoms with Crippen molar-refractivity contribution in [3.63, 3.8) is 0 Å². The van der Waals surface area contributed by atoms with Crippen LogP contribution in [0.5, 0.6) is 11.5 Å². The van der Waals surface area contributed by atoms with Gasteiger partial charge in [-0.25, -0.2) is 0 Å². The lowest BCUT2D eigenvalue weighted by Crippen LogP contribution is -2.03. The molecule has 0 bridgehead atoms. The zero-order chi connectivity index (χ0) is 12.5. The van der Waals surface area contributed by atoms with Crippen LogP contribution in [0.4, 0.5) is 0 Å². The molecule has 0 atom stereocenters. The predicted octanol–water partition coefficient (Wildman–Crippen LogP) is 3.07. The smallest absolute Gasteiger partial charge is 0.127 e. The van der Waals surface area contributed by atoms with Crippen molar-refractivity contribution >= 4 is 11.6 Å². The van der Waals surface area contributed by atoms with Crippen LogP contribution in [0, 0.1) is 0 Å². The molecule has 0 aliphatic carbocycles. The topological polar surface area (TPSA) is 44.5 Å².